The SMILES string of the molecule is CCOCCC1(CNC(=NC)NCc2c(CC)nn(C)c2CC)CCCC1.I. The molecule has 1 saturated carbocycles. The van der Waals surface area contributed by atoms with Gasteiger partial charge in [0.2, 0.25) is 0 Å². The van der Waals surface area contributed by atoms with E-state index in [0.717, 1.165) is 51.5 Å². The maximum atomic E-state index is 5.63. The Balaban J connectivity index is 0.00000392. The van der Waals surface area contributed by atoms with E-state index in [9.17, 15) is 0 Å². The lowest BCUT2D eigenvalue weighted by molar-refractivity contribution is 0.105. The van der Waals surface area contributed by atoms with Crippen molar-refractivity contribution in [3.8, 4) is 0 Å². The van der Waals surface area contributed by atoms with Gasteiger partial charge >= 0.3 is 0 Å². The summed E-state index contributed by atoms with van der Waals surface area (Å²) in [7, 11) is 3.89. The number of aromatic nitrogens is 2. The smallest absolute Gasteiger partial charge is 0.191 e. The Hall–Kier alpha value is -0.830. The predicted octanol–water partition coefficient (Wildman–Crippen LogP) is 3.81. The molecule has 1 aromatic rings. The quantitative estimate of drug-likeness (QED) is 0.220. The highest BCUT2D eigenvalue weighted by Gasteiger charge is 2.33. The van der Waals surface area contributed by atoms with Crippen LogP contribution in [0.4, 0.5) is 0 Å². The van der Waals surface area contributed by atoms with Crippen LogP contribution in [-0.4, -0.2) is 42.5 Å². The zero-order valence-electron chi connectivity index (χ0n) is 18.4. The molecule has 0 bridgehead atoms. The van der Waals surface area contributed by atoms with E-state index < -0.39 is 0 Å². The van der Waals surface area contributed by atoms with Gasteiger partial charge in [-0.15, -0.1) is 24.0 Å². The lowest BCUT2D eigenvalue weighted by Gasteiger charge is -2.30. The molecule has 0 aliphatic heterocycles. The molecule has 1 aliphatic rings. The Bertz CT molecular complexity index is 608. The fraction of sp³-hybridized carbons (Fsp3) is 0.810. The minimum Gasteiger partial charge on any atom is -0.382 e. The summed E-state index contributed by atoms with van der Waals surface area (Å²) in [5.41, 5.74) is 4.15. The molecule has 6 nitrogen and oxygen atoms in total. The minimum atomic E-state index is 0. The van der Waals surface area contributed by atoms with E-state index in [4.69, 9.17) is 4.74 Å². The number of guanidine groups is 1. The molecule has 162 valence electrons. The van der Waals surface area contributed by atoms with Gasteiger partial charge in [-0.25, -0.2) is 0 Å². The van der Waals surface area contributed by atoms with Crippen molar-refractivity contribution in [1.82, 2.24) is 20.4 Å². The average molecular weight is 505 g/mol. The fourth-order valence-electron chi connectivity index (χ4n) is 4.33. The van der Waals surface area contributed by atoms with Crippen LogP contribution in [0, 0.1) is 5.41 Å². The minimum absolute atomic E-state index is 0. The van der Waals surface area contributed by atoms with Crippen LogP contribution >= 0.6 is 24.0 Å². The van der Waals surface area contributed by atoms with Gasteiger partial charge in [0.25, 0.3) is 0 Å². The molecule has 2 rings (SSSR count). The van der Waals surface area contributed by atoms with E-state index >= 15 is 0 Å². The Morgan fingerprint density at radius 3 is 2.46 bits per heavy atom. The Morgan fingerprint density at radius 1 is 1.18 bits per heavy atom. The second kappa shape index (κ2) is 12.7. The molecule has 0 radical (unpaired) electrons. The number of nitrogens with zero attached hydrogens (tertiary/aromatic N) is 3. The van der Waals surface area contributed by atoms with Crippen molar-refractivity contribution in [2.75, 3.05) is 26.8 Å². The van der Waals surface area contributed by atoms with Gasteiger partial charge in [0, 0.05) is 51.7 Å². The summed E-state index contributed by atoms with van der Waals surface area (Å²) in [6.07, 6.45) is 8.31. The van der Waals surface area contributed by atoms with E-state index in [0.29, 0.717) is 5.41 Å². The second-order valence-corrected chi connectivity index (χ2v) is 7.64. The van der Waals surface area contributed by atoms with Gasteiger partial charge in [-0.05, 0) is 44.4 Å². The lowest BCUT2D eigenvalue weighted by atomic mass is 9.83. The van der Waals surface area contributed by atoms with Crippen LogP contribution < -0.4 is 10.6 Å². The van der Waals surface area contributed by atoms with Crippen molar-refractivity contribution in [3.63, 3.8) is 0 Å². The molecule has 0 amide bonds. The van der Waals surface area contributed by atoms with E-state index in [-0.39, 0.29) is 24.0 Å². The highest BCUT2D eigenvalue weighted by molar-refractivity contribution is 14.0. The summed E-state index contributed by atoms with van der Waals surface area (Å²) in [4.78, 5) is 4.45. The highest BCUT2D eigenvalue weighted by atomic mass is 127. The standard InChI is InChI=1S/C21H39N5O.HI/c1-6-18-17(19(7-2)26(5)25-18)15-23-20(22-4)24-16-21(11-9-10-12-21)13-14-27-8-3;/h6-16H2,1-5H3,(H2,22,23,24);1H. The largest absolute Gasteiger partial charge is 0.382 e. The molecular weight excluding hydrogens is 465 g/mol. The molecule has 0 saturated heterocycles. The number of nitrogens with one attached hydrogen (secondary N) is 2. The van der Waals surface area contributed by atoms with Crippen LogP contribution in [0.15, 0.2) is 4.99 Å². The topological polar surface area (TPSA) is 63.5 Å². The van der Waals surface area contributed by atoms with E-state index in [2.05, 4.69) is 41.5 Å². The number of hydrogen-bond donors (Lipinski definition) is 2. The van der Waals surface area contributed by atoms with Crippen molar-refractivity contribution in [2.45, 2.75) is 72.3 Å². The van der Waals surface area contributed by atoms with Crippen LogP contribution in [-0.2, 0) is 31.2 Å². The molecule has 2 N–H and O–H groups in total. The number of rotatable bonds is 10. The maximum absolute atomic E-state index is 5.63. The molecule has 0 unspecified atom stereocenters. The van der Waals surface area contributed by atoms with Crippen LogP contribution in [0.2, 0.25) is 0 Å². The van der Waals surface area contributed by atoms with Crippen LogP contribution in [0.1, 0.15) is 69.8 Å². The Morgan fingerprint density at radius 2 is 1.89 bits per heavy atom. The molecule has 0 spiro atoms. The highest BCUT2D eigenvalue weighted by Crippen LogP contribution is 2.40. The van der Waals surface area contributed by atoms with Crippen molar-refractivity contribution < 1.29 is 4.74 Å². The van der Waals surface area contributed by atoms with Crippen molar-refractivity contribution in [3.05, 3.63) is 17.0 Å². The van der Waals surface area contributed by atoms with Crippen LogP contribution in [0.5, 0.6) is 0 Å². The summed E-state index contributed by atoms with van der Waals surface area (Å²) in [6, 6.07) is 0. The summed E-state index contributed by atoms with van der Waals surface area (Å²) in [6.45, 7) is 9.82. The van der Waals surface area contributed by atoms with Gasteiger partial charge < -0.3 is 15.4 Å². The Kier molecular flexibility index (Phi) is 11.4. The van der Waals surface area contributed by atoms with Gasteiger partial charge in [-0.1, -0.05) is 26.7 Å². The molecule has 28 heavy (non-hydrogen) atoms. The van der Waals surface area contributed by atoms with E-state index in [1.807, 2.05) is 18.8 Å². The number of aliphatic imine (C=N–C) groups is 1. The lowest BCUT2D eigenvalue weighted by Crippen LogP contribution is -2.43. The first-order chi connectivity index (χ1) is 13.1. The third-order valence-corrected chi connectivity index (χ3v) is 5.96. The first kappa shape index (κ1) is 25.2. The van der Waals surface area contributed by atoms with Crippen molar-refractivity contribution in [1.29, 1.82) is 0 Å². The van der Waals surface area contributed by atoms with Crippen molar-refractivity contribution in [2.24, 2.45) is 17.5 Å². The van der Waals surface area contributed by atoms with E-state index in [1.54, 1.807) is 0 Å². The Labute approximate surface area is 188 Å². The van der Waals surface area contributed by atoms with Gasteiger partial charge in [0.15, 0.2) is 5.96 Å². The summed E-state index contributed by atoms with van der Waals surface area (Å²) in [5, 5.41) is 11.8. The van der Waals surface area contributed by atoms with Crippen LogP contribution in [0.25, 0.3) is 0 Å². The molecular formula is C21H40IN5O. The number of halogens is 1. The maximum Gasteiger partial charge on any atom is 0.191 e. The zero-order chi connectivity index (χ0) is 19.7. The fourth-order valence-corrected chi connectivity index (χ4v) is 4.33. The molecule has 1 aromatic heterocycles. The summed E-state index contributed by atoms with van der Waals surface area (Å²) in [5.74, 6) is 0.880. The van der Waals surface area contributed by atoms with Gasteiger partial charge in [0.05, 0.1) is 5.69 Å². The molecule has 7 heteroatoms. The molecule has 0 atom stereocenters. The normalized spacial score (nSPS) is 16.1. The first-order valence-electron chi connectivity index (χ1n) is 10.6. The van der Waals surface area contributed by atoms with Gasteiger partial charge in [0.1, 0.15) is 0 Å². The van der Waals surface area contributed by atoms with Crippen LogP contribution in [0.3, 0.4) is 0 Å². The zero-order valence-corrected chi connectivity index (χ0v) is 20.8. The molecule has 0 aromatic carbocycles. The summed E-state index contributed by atoms with van der Waals surface area (Å²) >= 11 is 0. The molecule has 1 aliphatic carbocycles. The second-order valence-electron chi connectivity index (χ2n) is 7.64. The van der Waals surface area contributed by atoms with Gasteiger partial charge in [-0.3, -0.25) is 9.67 Å². The average Bonchev–Trinajstić information content (AvgIpc) is 3.26. The predicted molar refractivity (Wildman–Crippen MR) is 128 cm³/mol. The molecule has 1 fully saturated rings. The van der Waals surface area contributed by atoms with Gasteiger partial charge in [-0.2, -0.15) is 5.10 Å². The van der Waals surface area contributed by atoms with Crippen molar-refractivity contribution >= 4 is 29.9 Å². The summed E-state index contributed by atoms with van der Waals surface area (Å²) < 4.78 is 7.65. The van der Waals surface area contributed by atoms with E-state index in [1.165, 1.54) is 42.6 Å². The third kappa shape index (κ3) is 6.61. The number of hydrogen-bond acceptors (Lipinski definition) is 3. The monoisotopic (exact) mass is 505 g/mol. The molecule has 1 heterocycles. The number of ether oxygens (including phenoxy) is 1. The third-order valence-electron chi connectivity index (χ3n) is 5.96. The number of aryl methyl sites for hydroxylation is 2. The first-order valence-corrected chi connectivity index (χ1v) is 10.6.